The van der Waals surface area contributed by atoms with Crippen LogP contribution in [0.3, 0.4) is 0 Å². The maximum Gasteiger partial charge on any atom is 0.253 e. The van der Waals surface area contributed by atoms with E-state index in [1.165, 1.54) is 5.56 Å². The summed E-state index contributed by atoms with van der Waals surface area (Å²) >= 11 is 6.11. The number of amides is 2. The van der Waals surface area contributed by atoms with Crippen molar-refractivity contribution < 1.29 is 9.59 Å². The van der Waals surface area contributed by atoms with Gasteiger partial charge in [0.05, 0.1) is 23.3 Å². The summed E-state index contributed by atoms with van der Waals surface area (Å²) in [5.41, 5.74) is 2.59. The third kappa shape index (κ3) is 5.27. The monoisotopic (exact) mass is 424 g/mol. The third-order valence-corrected chi connectivity index (χ3v) is 5.10. The molecule has 0 saturated carbocycles. The number of nitrogens with zero attached hydrogens (tertiary/aromatic N) is 2. The molecule has 3 rings (SSSR count). The SMILES string of the molecule is Cc1ccc(Cn2nccc2NC(=O)C(NC(=O)c2ccccc2Cl)C(C)C)cc1. The number of hydrogen-bond donors (Lipinski definition) is 2. The highest BCUT2D eigenvalue weighted by atomic mass is 35.5. The Morgan fingerprint density at radius 3 is 2.43 bits per heavy atom. The fraction of sp³-hybridized carbons (Fsp3) is 0.261. The summed E-state index contributed by atoms with van der Waals surface area (Å²) in [5, 5.41) is 10.3. The smallest absolute Gasteiger partial charge is 0.253 e. The number of nitrogens with one attached hydrogen (secondary N) is 2. The van der Waals surface area contributed by atoms with Crippen LogP contribution in [0.1, 0.15) is 35.3 Å². The number of halogens is 1. The number of benzene rings is 2. The topological polar surface area (TPSA) is 76.0 Å². The summed E-state index contributed by atoms with van der Waals surface area (Å²) in [7, 11) is 0. The Morgan fingerprint density at radius 2 is 1.77 bits per heavy atom. The van der Waals surface area contributed by atoms with Crippen molar-refractivity contribution >= 4 is 29.2 Å². The van der Waals surface area contributed by atoms with Crippen LogP contribution < -0.4 is 10.6 Å². The quantitative estimate of drug-likeness (QED) is 0.594. The standard InChI is InChI=1S/C23H25ClN4O2/c1-15(2)21(27-22(29)18-6-4-5-7-19(18)24)23(30)26-20-12-13-25-28(20)14-17-10-8-16(3)9-11-17/h4-13,15,21H,14H2,1-3H3,(H,26,30)(H,27,29). The Bertz CT molecular complexity index is 1030. The van der Waals surface area contributed by atoms with E-state index in [9.17, 15) is 9.59 Å². The molecule has 1 heterocycles. The van der Waals surface area contributed by atoms with Crippen LogP contribution in [0.5, 0.6) is 0 Å². The summed E-state index contributed by atoms with van der Waals surface area (Å²) in [5.74, 6) is -0.248. The first-order valence-electron chi connectivity index (χ1n) is 9.78. The first kappa shape index (κ1) is 21.6. The van der Waals surface area contributed by atoms with E-state index in [2.05, 4.69) is 15.7 Å². The zero-order valence-corrected chi connectivity index (χ0v) is 18.0. The lowest BCUT2D eigenvalue weighted by atomic mass is 10.0. The maximum absolute atomic E-state index is 13.0. The van der Waals surface area contributed by atoms with Crippen molar-refractivity contribution in [1.82, 2.24) is 15.1 Å². The Labute approximate surface area is 181 Å². The van der Waals surface area contributed by atoms with Crippen LogP contribution in [0, 0.1) is 12.8 Å². The van der Waals surface area contributed by atoms with Gasteiger partial charge in [-0.1, -0.05) is 67.4 Å². The van der Waals surface area contributed by atoms with Gasteiger partial charge in [0.1, 0.15) is 11.9 Å². The van der Waals surface area contributed by atoms with Gasteiger partial charge in [-0.2, -0.15) is 5.10 Å². The molecule has 0 aliphatic rings. The van der Waals surface area contributed by atoms with E-state index in [1.807, 2.05) is 45.0 Å². The molecular weight excluding hydrogens is 400 g/mol. The minimum absolute atomic E-state index is 0.120. The Hall–Kier alpha value is -3.12. The van der Waals surface area contributed by atoms with E-state index in [0.717, 1.165) is 5.56 Å². The molecule has 0 aliphatic heterocycles. The summed E-state index contributed by atoms with van der Waals surface area (Å²) < 4.78 is 1.72. The zero-order chi connectivity index (χ0) is 21.7. The normalized spacial score (nSPS) is 11.9. The van der Waals surface area contributed by atoms with Crippen LogP contribution in [0.4, 0.5) is 5.82 Å². The first-order valence-corrected chi connectivity index (χ1v) is 10.2. The molecular formula is C23H25ClN4O2. The third-order valence-electron chi connectivity index (χ3n) is 4.77. The number of carbonyl (C=O) groups excluding carboxylic acids is 2. The molecule has 30 heavy (non-hydrogen) atoms. The van der Waals surface area contributed by atoms with Crippen molar-refractivity contribution in [2.45, 2.75) is 33.4 Å². The summed E-state index contributed by atoms with van der Waals surface area (Å²) in [6.45, 7) is 6.31. The number of aromatic nitrogens is 2. The lowest BCUT2D eigenvalue weighted by Gasteiger charge is -2.22. The minimum atomic E-state index is -0.725. The lowest BCUT2D eigenvalue weighted by Crippen LogP contribution is -2.47. The van der Waals surface area contributed by atoms with Gasteiger partial charge in [0, 0.05) is 6.07 Å². The van der Waals surface area contributed by atoms with Crippen LogP contribution in [0.15, 0.2) is 60.8 Å². The van der Waals surface area contributed by atoms with Gasteiger partial charge in [-0.15, -0.1) is 0 Å². The Kier molecular flexibility index (Phi) is 6.90. The minimum Gasteiger partial charge on any atom is -0.340 e. The van der Waals surface area contributed by atoms with Crippen LogP contribution in [0.25, 0.3) is 0 Å². The van der Waals surface area contributed by atoms with E-state index in [-0.39, 0.29) is 17.7 Å². The fourth-order valence-corrected chi connectivity index (χ4v) is 3.26. The second kappa shape index (κ2) is 9.59. The van der Waals surface area contributed by atoms with E-state index in [0.29, 0.717) is 22.9 Å². The average Bonchev–Trinajstić information content (AvgIpc) is 3.14. The summed E-state index contributed by atoms with van der Waals surface area (Å²) in [6, 6.07) is 15.9. The maximum atomic E-state index is 13.0. The van der Waals surface area contributed by atoms with Crippen molar-refractivity contribution in [3.63, 3.8) is 0 Å². The van der Waals surface area contributed by atoms with Crippen LogP contribution in [-0.4, -0.2) is 27.6 Å². The molecule has 0 aliphatic carbocycles. The highest BCUT2D eigenvalue weighted by Crippen LogP contribution is 2.17. The molecule has 6 nitrogen and oxygen atoms in total. The summed E-state index contributed by atoms with van der Waals surface area (Å²) in [6.07, 6.45) is 1.64. The molecule has 1 aromatic heterocycles. The Balaban J connectivity index is 1.71. The molecule has 7 heteroatoms. The molecule has 1 atom stereocenters. The van der Waals surface area contributed by atoms with Crippen molar-refractivity contribution in [1.29, 1.82) is 0 Å². The van der Waals surface area contributed by atoms with E-state index >= 15 is 0 Å². The molecule has 0 spiro atoms. The highest BCUT2D eigenvalue weighted by molar-refractivity contribution is 6.33. The van der Waals surface area contributed by atoms with Gasteiger partial charge in [0.25, 0.3) is 5.91 Å². The van der Waals surface area contributed by atoms with Gasteiger partial charge in [0.15, 0.2) is 0 Å². The van der Waals surface area contributed by atoms with Crippen molar-refractivity contribution in [3.05, 3.63) is 82.5 Å². The lowest BCUT2D eigenvalue weighted by molar-refractivity contribution is -0.118. The molecule has 156 valence electrons. The van der Waals surface area contributed by atoms with Gasteiger partial charge in [-0.3, -0.25) is 9.59 Å². The molecule has 0 bridgehead atoms. The molecule has 2 N–H and O–H groups in total. The summed E-state index contributed by atoms with van der Waals surface area (Å²) in [4.78, 5) is 25.6. The largest absolute Gasteiger partial charge is 0.340 e. The number of carbonyl (C=O) groups is 2. The van der Waals surface area contributed by atoms with Crippen LogP contribution in [-0.2, 0) is 11.3 Å². The van der Waals surface area contributed by atoms with E-state index in [1.54, 1.807) is 41.2 Å². The predicted octanol–water partition coefficient (Wildman–Crippen LogP) is 4.29. The molecule has 1 unspecified atom stereocenters. The predicted molar refractivity (Wildman–Crippen MR) is 119 cm³/mol. The number of rotatable bonds is 7. The molecule has 2 amide bonds. The highest BCUT2D eigenvalue weighted by Gasteiger charge is 2.26. The first-order chi connectivity index (χ1) is 14.3. The molecule has 0 saturated heterocycles. The van der Waals surface area contributed by atoms with Gasteiger partial charge in [-0.05, 0) is 30.5 Å². The van der Waals surface area contributed by atoms with Gasteiger partial charge in [-0.25, -0.2) is 4.68 Å². The second-order valence-corrected chi connectivity index (χ2v) is 7.93. The average molecular weight is 425 g/mol. The van der Waals surface area contributed by atoms with Crippen molar-refractivity contribution in [3.8, 4) is 0 Å². The van der Waals surface area contributed by atoms with Gasteiger partial charge in [0.2, 0.25) is 5.91 Å². The Morgan fingerprint density at radius 1 is 1.07 bits per heavy atom. The van der Waals surface area contributed by atoms with Gasteiger partial charge < -0.3 is 10.6 Å². The molecule has 0 radical (unpaired) electrons. The number of aryl methyl sites for hydroxylation is 1. The van der Waals surface area contributed by atoms with Gasteiger partial charge >= 0.3 is 0 Å². The van der Waals surface area contributed by atoms with Crippen LogP contribution in [0.2, 0.25) is 5.02 Å². The van der Waals surface area contributed by atoms with Crippen LogP contribution >= 0.6 is 11.6 Å². The molecule has 0 fully saturated rings. The zero-order valence-electron chi connectivity index (χ0n) is 17.2. The number of hydrogen-bond acceptors (Lipinski definition) is 3. The van der Waals surface area contributed by atoms with E-state index in [4.69, 9.17) is 11.6 Å². The number of anilines is 1. The second-order valence-electron chi connectivity index (χ2n) is 7.52. The van der Waals surface area contributed by atoms with E-state index < -0.39 is 6.04 Å². The fourth-order valence-electron chi connectivity index (χ4n) is 3.03. The molecule has 3 aromatic rings. The molecule has 2 aromatic carbocycles. The van der Waals surface area contributed by atoms with Crippen molar-refractivity contribution in [2.75, 3.05) is 5.32 Å². The van der Waals surface area contributed by atoms with Crippen molar-refractivity contribution in [2.24, 2.45) is 5.92 Å².